The first kappa shape index (κ1) is 26.1. The van der Waals surface area contributed by atoms with E-state index < -0.39 is 6.04 Å². The number of tetrazole rings is 1. The van der Waals surface area contributed by atoms with Crippen LogP contribution in [0, 0.1) is 0 Å². The smallest absolute Gasteiger partial charge is 0.253 e. The highest BCUT2D eigenvalue weighted by Gasteiger charge is 2.35. The minimum atomic E-state index is -0.394. The molecule has 0 spiro atoms. The van der Waals surface area contributed by atoms with Crippen molar-refractivity contribution in [3.05, 3.63) is 64.2 Å². The third-order valence-corrected chi connectivity index (χ3v) is 8.22. The van der Waals surface area contributed by atoms with Gasteiger partial charge in [-0.2, -0.15) is 0 Å². The van der Waals surface area contributed by atoms with Gasteiger partial charge >= 0.3 is 0 Å². The van der Waals surface area contributed by atoms with Crippen LogP contribution < -0.4 is 24.7 Å². The highest BCUT2D eigenvalue weighted by molar-refractivity contribution is 5.83. The van der Waals surface area contributed by atoms with Crippen LogP contribution in [0.15, 0.2) is 47.3 Å². The Kier molecular flexibility index (Phi) is 7.29. The van der Waals surface area contributed by atoms with Crippen LogP contribution in [0.4, 0.5) is 5.69 Å². The molecule has 0 unspecified atom stereocenters. The van der Waals surface area contributed by atoms with Crippen LogP contribution in [0.3, 0.4) is 0 Å². The second kappa shape index (κ2) is 11.2. The van der Waals surface area contributed by atoms with Crippen LogP contribution in [0.25, 0.3) is 10.9 Å². The Balaban J connectivity index is 1.38. The summed E-state index contributed by atoms with van der Waals surface area (Å²) < 4.78 is 18.3. The molecular formula is C29H35N7O4. The van der Waals surface area contributed by atoms with Gasteiger partial charge in [-0.15, -0.1) is 5.10 Å². The monoisotopic (exact) mass is 545 g/mol. The minimum absolute atomic E-state index is 0.164. The maximum Gasteiger partial charge on any atom is 0.253 e. The summed E-state index contributed by atoms with van der Waals surface area (Å²) >= 11 is 0. The third kappa shape index (κ3) is 4.85. The molecule has 3 heterocycles. The quantitative estimate of drug-likeness (QED) is 0.355. The van der Waals surface area contributed by atoms with Crippen molar-refractivity contribution in [2.45, 2.75) is 37.8 Å². The molecule has 1 saturated heterocycles. The molecule has 2 aliphatic rings. The van der Waals surface area contributed by atoms with Crippen LogP contribution in [0.5, 0.6) is 17.2 Å². The molecule has 0 radical (unpaired) electrons. The van der Waals surface area contributed by atoms with Crippen LogP contribution in [0.1, 0.15) is 49.2 Å². The molecule has 1 saturated carbocycles. The Bertz CT molecular complexity index is 1520. The summed E-state index contributed by atoms with van der Waals surface area (Å²) in [5.74, 6) is 2.73. The van der Waals surface area contributed by atoms with Crippen LogP contribution in [0.2, 0.25) is 0 Å². The molecule has 11 heteroatoms. The second-order valence-corrected chi connectivity index (χ2v) is 10.4. The molecule has 4 aromatic rings. The number of hydrogen-bond acceptors (Lipinski definition) is 9. The van der Waals surface area contributed by atoms with Gasteiger partial charge in [0.25, 0.3) is 5.56 Å². The van der Waals surface area contributed by atoms with E-state index in [1.54, 1.807) is 27.4 Å². The predicted molar refractivity (Wildman–Crippen MR) is 152 cm³/mol. The highest BCUT2D eigenvalue weighted by atomic mass is 16.5. The number of fused-ring (bicyclic) bond motifs is 1. The molecule has 2 aromatic heterocycles. The third-order valence-electron chi connectivity index (χ3n) is 8.22. The molecular weight excluding hydrogens is 510 g/mol. The SMILES string of the molecule is COc1ccc(N2CCN([C@@H](c3cc4cc(OC)c(OC)cc4[nH]c3=O)c3nnnn3C3CCCC3)CC2)cc1. The number of aromatic amines is 1. The first-order valence-electron chi connectivity index (χ1n) is 13.8. The normalized spacial score (nSPS) is 17.3. The molecule has 0 bridgehead atoms. The number of piperazine rings is 1. The molecule has 210 valence electrons. The van der Waals surface area contributed by atoms with Crippen LogP contribution >= 0.6 is 0 Å². The zero-order valence-electron chi connectivity index (χ0n) is 23.2. The Hall–Kier alpha value is -4.12. The standard InChI is InChI=1S/C29H35N7O4/c1-38-22-10-8-20(9-11-22)34-12-14-35(15-13-34)27(28-31-32-33-36(28)21-6-4-5-7-21)23-16-19-17-25(39-2)26(40-3)18-24(19)30-29(23)37/h8-11,16-18,21,27H,4-7,12-15H2,1-3H3,(H,30,37)/t27-/m0/s1. The topological polar surface area (TPSA) is 111 Å². The van der Waals surface area contributed by atoms with Gasteiger partial charge < -0.3 is 24.1 Å². The average Bonchev–Trinajstić information content (AvgIpc) is 3.70. The van der Waals surface area contributed by atoms with E-state index in [1.807, 2.05) is 28.9 Å². The van der Waals surface area contributed by atoms with Crippen molar-refractivity contribution < 1.29 is 14.2 Å². The Morgan fingerprint density at radius 3 is 2.27 bits per heavy atom. The van der Waals surface area contributed by atoms with Gasteiger partial charge in [0.2, 0.25) is 0 Å². The Morgan fingerprint density at radius 2 is 1.60 bits per heavy atom. The van der Waals surface area contributed by atoms with Crippen LogP contribution in [-0.2, 0) is 0 Å². The summed E-state index contributed by atoms with van der Waals surface area (Å²) in [6.45, 7) is 3.12. The van der Waals surface area contributed by atoms with Gasteiger partial charge in [-0.3, -0.25) is 9.69 Å². The summed E-state index contributed by atoms with van der Waals surface area (Å²) in [5.41, 5.74) is 2.29. The van der Waals surface area contributed by atoms with Gasteiger partial charge in [-0.25, -0.2) is 4.68 Å². The fraction of sp³-hybridized carbons (Fsp3) is 0.448. The average molecular weight is 546 g/mol. The molecule has 6 rings (SSSR count). The lowest BCUT2D eigenvalue weighted by Gasteiger charge is -2.39. The van der Waals surface area contributed by atoms with Crippen molar-refractivity contribution in [2.75, 3.05) is 52.4 Å². The number of pyridine rings is 1. The van der Waals surface area contributed by atoms with Crippen LogP contribution in [-0.4, -0.2) is 77.6 Å². The maximum absolute atomic E-state index is 13.7. The summed E-state index contributed by atoms with van der Waals surface area (Å²) in [7, 11) is 4.87. The number of nitrogens with zero attached hydrogens (tertiary/aromatic N) is 6. The fourth-order valence-electron chi connectivity index (χ4n) is 6.07. The number of hydrogen-bond donors (Lipinski definition) is 1. The van der Waals surface area contributed by atoms with Crippen molar-refractivity contribution in [2.24, 2.45) is 0 Å². The Morgan fingerprint density at radius 1 is 0.900 bits per heavy atom. The van der Waals surface area contributed by atoms with Crippen molar-refractivity contribution in [1.82, 2.24) is 30.1 Å². The largest absolute Gasteiger partial charge is 0.497 e. The summed E-state index contributed by atoms with van der Waals surface area (Å²) in [6, 6.07) is 13.6. The van der Waals surface area contributed by atoms with Gasteiger partial charge in [0, 0.05) is 48.9 Å². The number of ether oxygens (including phenoxy) is 3. The molecule has 1 atom stereocenters. The zero-order valence-corrected chi connectivity index (χ0v) is 23.2. The number of methoxy groups -OCH3 is 3. The summed E-state index contributed by atoms with van der Waals surface area (Å²) in [4.78, 5) is 21.5. The molecule has 11 nitrogen and oxygen atoms in total. The summed E-state index contributed by atoms with van der Waals surface area (Å²) in [5, 5.41) is 13.9. The van der Waals surface area contributed by atoms with Gasteiger partial charge in [0.15, 0.2) is 17.3 Å². The molecule has 40 heavy (non-hydrogen) atoms. The molecule has 2 aromatic carbocycles. The highest BCUT2D eigenvalue weighted by Crippen LogP contribution is 2.36. The van der Waals surface area contributed by atoms with E-state index in [2.05, 4.69) is 42.4 Å². The van der Waals surface area contributed by atoms with Crippen molar-refractivity contribution in [3.8, 4) is 17.2 Å². The van der Waals surface area contributed by atoms with E-state index in [9.17, 15) is 4.79 Å². The van der Waals surface area contributed by atoms with Gasteiger partial charge in [-0.05, 0) is 59.7 Å². The minimum Gasteiger partial charge on any atom is -0.497 e. The lowest BCUT2D eigenvalue weighted by Crippen LogP contribution is -2.49. The number of anilines is 1. The molecule has 2 fully saturated rings. The van der Waals surface area contributed by atoms with Crippen molar-refractivity contribution in [3.63, 3.8) is 0 Å². The number of benzene rings is 2. The second-order valence-electron chi connectivity index (χ2n) is 10.4. The van der Waals surface area contributed by atoms with Crippen molar-refractivity contribution >= 4 is 16.6 Å². The first-order valence-corrected chi connectivity index (χ1v) is 13.8. The lowest BCUT2D eigenvalue weighted by atomic mass is 10.0. The molecule has 1 aliphatic carbocycles. The molecule has 1 aliphatic heterocycles. The maximum atomic E-state index is 13.7. The van der Waals surface area contributed by atoms with E-state index in [-0.39, 0.29) is 11.6 Å². The zero-order chi connectivity index (χ0) is 27.6. The van der Waals surface area contributed by atoms with Gasteiger partial charge in [0.1, 0.15) is 11.8 Å². The number of rotatable bonds is 8. The number of aromatic nitrogens is 5. The van der Waals surface area contributed by atoms with E-state index in [0.29, 0.717) is 22.6 Å². The first-order chi connectivity index (χ1) is 19.6. The van der Waals surface area contributed by atoms with E-state index >= 15 is 0 Å². The van der Waals surface area contributed by atoms with E-state index in [0.717, 1.165) is 74.5 Å². The predicted octanol–water partition coefficient (Wildman–Crippen LogP) is 3.57. The van der Waals surface area contributed by atoms with E-state index in [1.165, 1.54) is 0 Å². The van der Waals surface area contributed by atoms with E-state index in [4.69, 9.17) is 14.2 Å². The lowest BCUT2D eigenvalue weighted by molar-refractivity contribution is 0.197. The molecule has 0 amide bonds. The van der Waals surface area contributed by atoms with Crippen molar-refractivity contribution in [1.29, 1.82) is 0 Å². The number of nitrogens with one attached hydrogen (secondary N) is 1. The fourth-order valence-corrected chi connectivity index (χ4v) is 6.07. The molecule has 1 N–H and O–H groups in total. The summed E-state index contributed by atoms with van der Waals surface area (Å²) in [6.07, 6.45) is 4.41. The van der Waals surface area contributed by atoms with Gasteiger partial charge in [0.05, 0.1) is 32.9 Å². The Labute approximate surface area is 232 Å². The number of H-pyrrole nitrogens is 1. The van der Waals surface area contributed by atoms with Gasteiger partial charge in [-0.1, -0.05) is 12.8 Å².